The van der Waals surface area contributed by atoms with Crippen molar-refractivity contribution < 1.29 is 9.90 Å². The molecule has 0 spiro atoms. The fourth-order valence-electron chi connectivity index (χ4n) is 2.79. The molecular weight excluding hydrogens is 258 g/mol. The molecule has 4 heteroatoms. The van der Waals surface area contributed by atoms with E-state index < -0.39 is 5.97 Å². The van der Waals surface area contributed by atoms with Crippen molar-refractivity contribution in [2.24, 2.45) is 0 Å². The number of aryl methyl sites for hydroxylation is 3. The lowest BCUT2D eigenvalue weighted by Gasteiger charge is -2.18. The Morgan fingerprint density at radius 1 is 1.26 bits per heavy atom. The van der Waals surface area contributed by atoms with Gasteiger partial charge < -0.3 is 9.67 Å². The summed E-state index contributed by atoms with van der Waals surface area (Å²) < 4.78 is 2.11. The molecule has 2 aromatic rings. The lowest BCUT2D eigenvalue weighted by atomic mass is 10.1. The highest BCUT2D eigenvalue weighted by Gasteiger charge is 2.20. The normalized spacial score (nSPS) is 12.7. The zero-order valence-electron chi connectivity index (χ0n) is 11.9. The van der Waals surface area contributed by atoms with E-state index in [2.05, 4.69) is 31.4 Å². The van der Waals surface area contributed by atoms with Crippen LogP contribution in [0.15, 0.2) is 12.1 Å². The van der Waals surface area contributed by atoms with Crippen molar-refractivity contribution in [1.82, 2.24) is 4.57 Å². The highest BCUT2D eigenvalue weighted by Crippen LogP contribution is 2.31. The average molecular weight is 277 g/mol. The van der Waals surface area contributed by atoms with Crippen LogP contribution in [0.1, 0.15) is 50.0 Å². The van der Waals surface area contributed by atoms with Crippen molar-refractivity contribution in [3.63, 3.8) is 0 Å². The average Bonchev–Trinajstić information content (AvgIpc) is 2.78. The topological polar surface area (TPSA) is 42.2 Å². The Bertz CT molecular complexity index is 637. The van der Waals surface area contributed by atoms with E-state index in [1.54, 1.807) is 17.4 Å². The Labute approximate surface area is 117 Å². The summed E-state index contributed by atoms with van der Waals surface area (Å²) >= 11 is 1.79. The molecule has 0 saturated heterocycles. The van der Waals surface area contributed by atoms with Crippen LogP contribution in [0.2, 0.25) is 0 Å². The van der Waals surface area contributed by atoms with E-state index in [1.807, 2.05) is 13.8 Å². The fraction of sp³-hybridized carbons (Fsp3) is 0.400. The maximum absolute atomic E-state index is 11.2. The molecule has 0 aliphatic carbocycles. The maximum Gasteiger partial charge on any atom is 0.337 e. The Kier molecular flexibility index (Phi) is 3.54. The first kappa shape index (κ1) is 13.9. The molecule has 0 amide bonds. The van der Waals surface area contributed by atoms with E-state index in [0.29, 0.717) is 5.56 Å². The van der Waals surface area contributed by atoms with E-state index >= 15 is 0 Å². The van der Waals surface area contributed by atoms with E-state index in [9.17, 15) is 9.90 Å². The monoisotopic (exact) mass is 277 g/mol. The van der Waals surface area contributed by atoms with Gasteiger partial charge in [-0.05, 0) is 52.3 Å². The van der Waals surface area contributed by atoms with Crippen LogP contribution in [0.5, 0.6) is 0 Å². The summed E-state index contributed by atoms with van der Waals surface area (Å²) in [6.45, 7) is 10.2. The zero-order chi connectivity index (χ0) is 14.3. The van der Waals surface area contributed by atoms with Crippen molar-refractivity contribution in [3.05, 3.63) is 44.4 Å². The van der Waals surface area contributed by atoms with E-state index in [1.165, 1.54) is 15.3 Å². The van der Waals surface area contributed by atoms with Crippen LogP contribution in [-0.2, 0) is 0 Å². The lowest BCUT2D eigenvalue weighted by Crippen LogP contribution is -2.11. The molecule has 0 fully saturated rings. The standard InChI is InChI=1S/C15H19NO2S/c1-8-6-14(15(17)18)11(4)16(8)10(3)13-7-9(2)19-12(13)5/h6-7,10H,1-5H3,(H,17,18). The number of carbonyl (C=O) groups is 1. The van der Waals surface area contributed by atoms with E-state index in [4.69, 9.17) is 0 Å². The van der Waals surface area contributed by atoms with Crippen molar-refractivity contribution in [2.45, 2.75) is 40.7 Å². The molecule has 0 aliphatic rings. The molecule has 1 unspecified atom stereocenters. The van der Waals surface area contributed by atoms with Gasteiger partial charge in [0.1, 0.15) is 0 Å². The van der Waals surface area contributed by atoms with Crippen LogP contribution >= 0.6 is 11.3 Å². The highest BCUT2D eigenvalue weighted by molar-refractivity contribution is 7.12. The van der Waals surface area contributed by atoms with Crippen LogP contribution in [0.3, 0.4) is 0 Å². The first-order valence-corrected chi connectivity index (χ1v) is 7.13. The van der Waals surface area contributed by atoms with Gasteiger partial charge in [0.15, 0.2) is 0 Å². The second kappa shape index (κ2) is 4.85. The minimum Gasteiger partial charge on any atom is -0.478 e. The van der Waals surface area contributed by atoms with Crippen LogP contribution in [-0.4, -0.2) is 15.6 Å². The summed E-state index contributed by atoms with van der Waals surface area (Å²) in [7, 11) is 0. The second-order valence-corrected chi connectivity index (χ2v) is 6.46. The molecule has 1 atom stereocenters. The van der Waals surface area contributed by atoms with Gasteiger partial charge >= 0.3 is 5.97 Å². The zero-order valence-corrected chi connectivity index (χ0v) is 12.8. The largest absolute Gasteiger partial charge is 0.478 e. The van der Waals surface area contributed by atoms with Crippen molar-refractivity contribution in [3.8, 4) is 0 Å². The lowest BCUT2D eigenvalue weighted by molar-refractivity contribution is 0.0696. The van der Waals surface area contributed by atoms with Gasteiger partial charge in [0.05, 0.1) is 11.6 Å². The molecule has 0 aromatic carbocycles. The second-order valence-electron chi connectivity index (χ2n) is 5.00. The highest BCUT2D eigenvalue weighted by atomic mass is 32.1. The van der Waals surface area contributed by atoms with Crippen molar-refractivity contribution in [2.75, 3.05) is 0 Å². The van der Waals surface area contributed by atoms with Gasteiger partial charge in [-0.25, -0.2) is 4.79 Å². The smallest absolute Gasteiger partial charge is 0.337 e. The quantitative estimate of drug-likeness (QED) is 0.918. The number of aromatic carboxylic acids is 1. The Morgan fingerprint density at radius 2 is 1.89 bits per heavy atom. The molecule has 3 nitrogen and oxygen atoms in total. The number of hydrogen-bond acceptors (Lipinski definition) is 2. The molecule has 2 heterocycles. The van der Waals surface area contributed by atoms with Gasteiger partial charge in [-0.3, -0.25) is 0 Å². The SMILES string of the molecule is Cc1cc(C(C)n2c(C)cc(C(=O)O)c2C)c(C)s1. The summed E-state index contributed by atoms with van der Waals surface area (Å²) in [5.74, 6) is -0.857. The summed E-state index contributed by atoms with van der Waals surface area (Å²) in [5, 5.41) is 9.20. The molecule has 2 aromatic heterocycles. The first-order chi connectivity index (χ1) is 8.82. The predicted octanol–water partition coefficient (Wildman–Crippen LogP) is 4.09. The van der Waals surface area contributed by atoms with Crippen molar-refractivity contribution >= 4 is 17.3 Å². The van der Waals surface area contributed by atoms with Gasteiger partial charge in [0, 0.05) is 21.1 Å². The third-order valence-electron chi connectivity index (χ3n) is 3.63. The summed E-state index contributed by atoms with van der Waals surface area (Å²) in [5.41, 5.74) is 3.49. The molecule has 0 bridgehead atoms. The molecule has 2 rings (SSSR count). The minimum absolute atomic E-state index is 0.165. The number of rotatable bonds is 3. The predicted molar refractivity (Wildman–Crippen MR) is 78.5 cm³/mol. The van der Waals surface area contributed by atoms with E-state index in [0.717, 1.165) is 11.4 Å². The third-order valence-corrected chi connectivity index (χ3v) is 4.61. The number of nitrogens with zero attached hydrogens (tertiary/aromatic N) is 1. The molecule has 0 radical (unpaired) electrons. The number of carboxylic acid groups (broad SMARTS) is 1. The molecule has 19 heavy (non-hydrogen) atoms. The van der Waals surface area contributed by atoms with Crippen LogP contribution < -0.4 is 0 Å². The summed E-state index contributed by atoms with van der Waals surface area (Å²) in [6, 6.07) is 4.12. The molecular formula is C15H19NO2S. The van der Waals surface area contributed by atoms with Crippen LogP contribution in [0, 0.1) is 27.7 Å². The summed E-state index contributed by atoms with van der Waals surface area (Å²) in [4.78, 5) is 13.8. The third kappa shape index (κ3) is 2.32. The Balaban J connectivity index is 2.53. The maximum atomic E-state index is 11.2. The number of hydrogen-bond donors (Lipinski definition) is 1. The van der Waals surface area contributed by atoms with Gasteiger partial charge in [-0.1, -0.05) is 0 Å². The van der Waals surface area contributed by atoms with Gasteiger partial charge in [0.25, 0.3) is 0 Å². The molecule has 0 aliphatic heterocycles. The van der Waals surface area contributed by atoms with Crippen molar-refractivity contribution in [1.29, 1.82) is 0 Å². The molecule has 0 saturated carbocycles. The number of thiophene rings is 1. The Morgan fingerprint density at radius 3 is 2.32 bits per heavy atom. The van der Waals surface area contributed by atoms with Gasteiger partial charge in [-0.15, -0.1) is 11.3 Å². The molecule has 1 N–H and O–H groups in total. The number of aromatic nitrogens is 1. The van der Waals surface area contributed by atoms with Gasteiger partial charge in [-0.2, -0.15) is 0 Å². The fourth-order valence-corrected chi connectivity index (χ4v) is 3.81. The summed E-state index contributed by atoms with van der Waals surface area (Å²) in [6.07, 6.45) is 0. The van der Waals surface area contributed by atoms with Crippen LogP contribution in [0.4, 0.5) is 0 Å². The van der Waals surface area contributed by atoms with E-state index in [-0.39, 0.29) is 6.04 Å². The van der Waals surface area contributed by atoms with Gasteiger partial charge in [0.2, 0.25) is 0 Å². The molecule has 102 valence electrons. The Hall–Kier alpha value is -1.55. The minimum atomic E-state index is -0.857. The van der Waals surface area contributed by atoms with Crippen LogP contribution in [0.25, 0.3) is 0 Å². The first-order valence-electron chi connectivity index (χ1n) is 6.31. The number of carboxylic acids is 1.